The maximum atomic E-state index is 11.9. The first kappa shape index (κ1) is 19.9. The number of hydrogen-bond donors (Lipinski definition) is 4. The Bertz CT molecular complexity index is 702. The van der Waals surface area contributed by atoms with E-state index in [0.717, 1.165) is 5.56 Å². The summed E-state index contributed by atoms with van der Waals surface area (Å²) in [4.78, 5) is 20.3. The van der Waals surface area contributed by atoms with Crippen molar-refractivity contribution in [2.75, 3.05) is 26.2 Å². The summed E-state index contributed by atoms with van der Waals surface area (Å²) in [5.41, 5.74) is 0.363. The van der Waals surface area contributed by atoms with Gasteiger partial charge in [-0.25, -0.2) is 4.99 Å². The van der Waals surface area contributed by atoms with Crippen LogP contribution in [-0.4, -0.2) is 48.1 Å². The number of amides is 1. The van der Waals surface area contributed by atoms with Gasteiger partial charge >= 0.3 is 0 Å². The molecule has 1 atom stereocenters. The van der Waals surface area contributed by atoms with Crippen LogP contribution in [0.3, 0.4) is 0 Å². The summed E-state index contributed by atoms with van der Waals surface area (Å²) in [6.45, 7) is 5.61. The molecule has 0 aliphatic carbocycles. The molecule has 0 radical (unpaired) electrons. The van der Waals surface area contributed by atoms with Crippen molar-refractivity contribution in [2.24, 2.45) is 4.99 Å². The predicted molar refractivity (Wildman–Crippen MR) is 104 cm³/mol. The van der Waals surface area contributed by atoms with Gasteiger partial charge in [-0.05, 0) is 48.4 Å². The second-order valence-electron chi connectivity index (χ2n) is 5.91. The largest absolute Gasteiger partial charge is 0.383 e. The number of thiophene rings is 1. The Balaban J connectivity index is 1.81. The monoisotopic (exact) mass is 375 g/mol. The van der Waals surface area contributed by atoms with Gasteiger partial charge in [0.15, 0.2) is 5.96 Å². The molecular formula is C18H25N5O2S. The Morgan fingerprint density at radius 1 is 1.31 bits per heavy atom. The first-order chi connectivity index (χ1) is 12.5. The van der Waals surface area contributed by atoms with Crippen LogP contribution in [0.25, 0.3) is 0 Å². The number of nitrogens with zero attached hydrogens (tertiary/aromatic N) is 2. The van der Waals surface area contributed by atoms with E-state index < -0.39 is 5.60 Å². The number of guanidine groups is 1. The number of aliphatic imine (C=N–C) groups is 1. The zero-order valence-electron chi connectivity index (χ0n) is 15.0. The molecule has 0 aromatic carbocycles. The number of carbonyl (C=O) groups is 1. The van der Waals surface area contributed by atoms with Crippen LogP contribution in [-0.2, 0) is 5.60 Å². The number of aromatic nitrogens is 1. The molecule has 0 saturated carbocycles. The molecule has 7 nitrogen and oxygen atoms in total. The topological polar surface area (TPSA) is 98.6 Å². The van der Waals surface area contributed by atoms with Gasteiger partial charge in [0.2, 0.25) is 0 Å². The minimum absolute atomic E-state index is 0.165. The van der Waals surface area contributed by atoms with E-state index in [1.165, 1.54) is 6.20 Å². The van der Waals surface area contributed by atoms with E-state index in [2.05, 4.69) is 25.9 Å². The standard InChI is InChI=1S/C18H25N5O2S/c1-3-20-17(23-13-18(2,25)15-6-10-26-12-15)22-9-8-21-16(24)14-5-4-7-19-11-14/h4-7,10-12,25H,3,8-9,13H2,1-2H3,(H,21,24)(H2,20,22,23). The number of hydrogen-bond acceptors (Lipinski definition) is 5. The maximum Gasteiger partial charge on any atom is 0.252 e. The van der Waals surface area contributed by atoms with Gasteiger partial charge in [-0.15, -0.1) is 0 Å². The third-order valence-corrected chi connectivity index (χ3v) is 4.34. The van der Waals surface area contributed by atoms with Gasteiger partial charge in [-0.1, -0.05) is 0 Å². The van der Waals surface area contributed by atoms with E-state index in [0.29, 0.717) is 31.2 Å². The van der Waals surface area contributed by atoms with Crippen LogP contribution in [0.5, 0.6) is 0 Å². The summed E-state index contributed by atoms with van der Waals surface area (Å²) in [5.74, 6) is 0.431. The van der Waals surface area contributed by atoms with Gasteiger partial charge < -0.3 is 21.1 Å². The lowest BCUT2D eigenvalue weighted by molar-refractivity contribution is 0.0677. The van der Waals surface area contributed by atoms with E-state index in [1.54, 1.807) is 36.6 Å². The third-order valence-electron chi connectivity index (χ3n) is 3.66. The minimum Gasteiger partial charge on any atom is -0.383 e. The second kappa shape index (κ2) is 9.88. The highest BCUT2D eigenvalue weighted by Gasteiger charge is 2.23. The van der Waals surface area contributed by atoms with Crippen LogP contribution in [0.1, 0.15) is 29.8 Å². The second-order valence-corrected chi connectivity index (χ2v) is 6.69. The van der Waals surface area contributed by atoms with Gasteiger partial charge in [-0.3, -0.25) is 9.78 Å². The summed E-state index contributed by atoms with van der Waals surface area (Å²) in [6, 6.07) is 5.34. The molecule has 140 valence electrons. The predicted octanol–water partition coefficient (Wildman–Crippen LogP) is 1.34. The van der Waals surface area contributed by atoms with E-state index in [4.69, 9.17) is 0 Å². The lowest BCUT2D eigenvalue weighted by Gasteiger charge is -2.21. The van der Waals surface area contributed by atoms with E-state index in [9.17, 15) is 9.90 Å². The molecule has 8 heteroatoms. The van der Waals surface area contributed by atoms with Crippen molar-refractivity contribution in [3.63, 3.8) is 0 Å². The molecule has 0 saturated heterocycles. The zero-order chi connectivity index (χ0) is 18.8. The van der Waals surface area contributed by atoms with Gasteiger partial charge in [0.1, 0.15) is 5.60 Å². The van der Waals surface area contributed by atoms with Gasteiger partial charge in [0.25, 0.3) is 5.91 Å². The molecule has 1 unspecified atom stereocenters. The first-order valence-electron chi connectivity index (χ1n) is 8.48. The maximum absolute atomic E-state index is 11.9. The average molecular weight is 375 g/mol. The fourth-order valence-corrected chi connectivity index (χ4v) is 2.98. The first-order valence-corrected chi connectivity index (χ1v) is 9.42. The quantitative estimate of drug-likeness (QED) is 0.317. The lowest BCUT2D eigenvalue weighted by Crippen LogP contribution is -2.42. The summed E-state index contributed by atoms with van der Waals surface area (Å²) in [7, 11) is 0. The smallest absolute Gasteiger partial charge is 0.252 e. The number of carbonyl (C=O) groups excluding carboxylic acids is 1. The molecule has 2 aromatic heterocycles. The van der Waals surface area contributed by atoms with E-state index in [-0.39, 0.29) is 12.5 Å². The van der Waals surface area contributed by atoms with E-state index in [1.807, 2.05) is 23.8 Å². The molecule has 4 N–H and O–H groups in total. The summed E-state index contributed by atoms with van der Waals surface area (Å²) in [5, 5.41) is 23.5. The number of pyridine rings is 1. The number of rotatable bonds is 8. The summed E-state index contributed by atoms with van der Waals surface area (Å²) < 4.78 is 0. The summed E-state index contributed by atoms with van der Waals surface area (Å²) >= 11 is 1.54. The Morgan fingerprint density at radius 3 is 2.77 bits per heavy atom. The van der Waals surface area contributed by atoms with Crippen LogP contribution in [0, 0.1) is 0 Å². The highest BCUT2D eigenvalue weighted by Crippen LogP contribution is 2.23. The molecule has 1 amide bonds. The Kier molecular flexibility index (Phi) is 7.55. The Labute approximate surface area is 157 Å². The molecule has 0 bridgehead atoms. The van der Waals surface area contributed by atoms with Crippen molar-refractivity contribution in [2.45, 2.75) is 19.4 Å². The lowest BCUT2D eigenvalue weighted by atomic mass is 10.00. The van der Waals surface area contributed by atoms with Gasteiger partial charge in [0.05, 0.1) is 12.1 Å². The van der Waals surface area contributed by atoms with Crippen LogP contribution < -0.4 is 16.0 Å². The SMILES string of the molecule is CCNC(=NCC(C)(O)c1ccsc1)NCCNC(=O)c1cccnc1. The van der Waals surface area contributed by atoms with Gasteiger partial charge in [-0.2, -0.15) is 11.3 Å². The highest BCUT2D eigenvalue weighted by atomic mass is 32.1. The Hall–Kier alpha value is -2.45. The van der Waals surface area contributed by atoms with Crippen LogP contribution >= 0.6 is 11.3 Å². The molecule has 0 aliphatic heterocycles. The third kappa shape index (κ3) is 6.12. The molecule has 0 aliphatic rings. The Morgan fingerprint density at radius 2 is 2.12 bits per heavy atom. The number of aliphatic hydroxyl groups is 1. The normalized spacial score (nSPS) is 13.7. The zero-order valence-corrected chi connectivity index (χ0v) is 15.8. The van der Waals surface area contributed by atoms with Crippen LogP contribution in [0.15, 0.2) is 46.3 Å². The molecule has 26 heavy (non-hydrogen) atoms. The van der Waals surface area contributed by atoms with Crippen molar-refractivity contribution in [1.82, 2.24) is 20.9 Å². The highest BCUT2D eigenvalue weighted by molar-refractivity contribution is 7.08. The summed E-state index contributed by atoms with van der Waals surface area (Å²) in [6.07, 6.45) is 3.16. The fraction of sp³-hybridized carbons (Fsp3) is 0.389. The molecule has 0 fully saturated rings. The molecule has 0 spiro atoms. The average Bonchev–Trinajstić information content (AvgIpc) is 3.19. The molecular weight excluding hydrogens is 350 g/mol. The van der Waals surface area contributed by atoms with Crippen molar-refractivity contribution in [1.29, 1.82) is 0 Å². The molecule has 2 rings (SSSR count). The fourth-order valence-electron chi connectivity index (χ4n) is 2.19. The van der Waals surface area contributed by atoms with Crippen LogP contribution in [0.4, 0.5) is 0 Å². The molecule has 2 heterocycles. The van der Waals surface area contributed by atoms with Gasteiger partial charge in [0, 0.05) is 32.0 Å². The van der Waals surface area contributed by atoms with E-state index >= 15 is 0 Å². The minimum atomic E-state index is -1.02. The van der Waals surface area contributed by atoms with Crippen molar-refractivity contribution >= 4 is 23.2 Å². The number of nitrogens with one attached hydrogen (secondary N) is 3. The van der Waals surface area contributed by atoms with Crippen molar-refractivity contribution in [3.8, 4) is 0 Å². The van der Waals surface area contributed by atoms with Crippen molar-refractivity contribution < 1.29 is 9.90 Å². The molecule has 2 aromatic rings. The van der Waals surface area contributed by atoms with Crippen LogP contribution in [0.2, 0.25) is 0 Å². The van der Waals surface area contributed by atoms with Crippen molar-refractivity contribution in [3.05, 3.63) is 52.5 Å².